The van der Waals surface area contributed by atoms with Gasteiger partial charge in [0.1, 0.15) is 0 Å². The zero-order chi connectivity index (χ0) is 16.0. The highest BCUT2D eigenvalue weighted by atomic mass is 127. The third-order valence-electron chi connectivity index (χ3n) is 5.00. The Balaban J connectivity index is 0.00000264. The van der Waals surface area contributed by atoms with Crippen LogP contribution in [0.25, 0.3) is 0 Å². The van der Waals surface area contributed by atoms with Crippen LogP contribution in [0, 0.1) is 5.41 Å². The van der Waals surface area contributed by atoms with E-state index in [9.17, 15) is 4.79 Å². The standard InChI is InChI=1S/C17H32N4O.HI/c1-4-18-16(20-14-9-5-6-10-14)19-13-17(11-7-8-12-17)15(22)21(2)3;/h14H,4-13H2,1-3H3,(H2,18,19,20);1H. The van der Waals surface area contributed by atoms with Crippen molar-refractivity contribution in [3.05, 3.63) is 0 Å². The topological polar surface area (TPSA) is 56.7 Å². The Labute approximate surface area is 158 Å². The van der Waals surface area contributed by atoms with Crippen molar-refractivity contribution >= 4 is 35.8 Å². The minimum atomic E-state index is -0.276. The first-order valence-electron chi connectivity index (χ1n) is 8.84. The van der Waals surface area contributed by atoms with E-state index < -0.39 is 0 Å². The van der Waals surface area contributed by atoms with Crippen molar-refractivity contribution in [3.63, 3.8) is 0 Å². The molecule has 5 nitrogen and oxygen atoms in total. The van der Waals surface area contributed by atoms with E-state index in [1.807, 2.05) is 14.1 Å². The normalized spacial score (nSPS) is 20.9. The maximum absolute atomic E-state index is 12.6. The quantitative estimate of drug-likeness (QED) is 0.396. The van der Waals surface area contributed by atoms with Crippen molar-refractivity contribution in [2.24, 2.45) is 10.4 Å². The number of halogens is 1. The average molecular weight is 436 g/mol. The van der Waals surface area contributed by atoms with Gasteiger partial charge in [0, 0.05) is 26.7 Å². The summed E-state index contributed by atoms with van der Waals surface area (Å²) in [7, 11) is 3.71. The number of carbonyl (C=O) groups is 1. The van der Waals surface area contributed by atoms with Gasteiger partial charge in [0.25, 0.3) is 0 Å². The van der Waals surface area contributed by atoms with E-state index in [0.717, 1.165) is 38.2 Å². The lowest BCUT2D eigenvalue weighted by atomic mass is 9.85. The number of aliphatic imine (C=N–C) groups is 1. The van der Waals surface area contributed by atoms with Gasteiger partial charge in [-0.15, -0.1) is 24.0 Å². The van der Waals surface area contributed by atoms with Gasteiger partial charge in [-0.2, -0.15) is 0 Å². The molecule has 2 aliphatic carbocycles. The Morgan fingerprint density at radius 3 is 2.30 bits per heavy atom. The van der Waals surface area contributed by atoms with Gasteiger partial charge in [-0.25, -0.2) is 0 Å². The lowest BCUT2D eigenvalue weighted by Crippen LogP contribution is -2.45. The molecule has 2 N–H and O–H groups in total. The Hall–Kier alpha value is -0.530. The summed E-state index contributed by atoms with van der Waals surface area (Å²) in [6.07, 6.45) is 9.29. The molecule has 0 aliphatic heterocycles. The molecule has 23 heavy (non-hydrogen) atoms. The van der Waals surface area contributed by atoms with Crippen molar-refractivity contribution < 1.29 is 4.79 Å². The largest absolute Gasteiger partial charge is 0.357 e. The van der Waals surface area contributed by atoms with Crippen molar-refractivity contribution in [3.8, 4) is 0 Å². The first-order valence-corrected chi connectivity index (χ1v) is 8.84. The molecule has 0 aromatic carbocycles. The molecule has 0 radical (unpaired) electrons. The van der Waals surface area contributed by atoms with Crippen molar-refractivity contribution in [1.82, 2.24) is 15.5 Å². The molecular weight excluding hydrogens is 403 g/mol. The smallest absolute Gasteiger partial charge is 0.230 e. The van der Waals surface area contributed by atoms with E-state index in [1.54, 1.807) is 4.90 Å². The van der Waals surface area contributed by atoms with Crippen LogP contribution in [0.3, 0.4) is 0 Å². The molecule has 1 amide bonds. The number of carbonyl (C=O) groups excluding carboxylic acids is 1. The van der Waals surface area contributed by atoms with E-state index in [4.69, 9.17) is 4.99 Å². The zero-order valence-corrected chi connectivity index (χ0v) is 17.2. The number of rotatable bonds is 5. The van der Waals surface area contributed by atoms with Crippen LogP contribution < -0.4 is 10.6 Å². The third kappa shape index (κ3) is 5.50. The summed E-state index contributed by atoms with van der Waals surface area (Å²) in [5.41, 5.74) is -0.276. The van der Waals surface area contributed by atoms with Crippen LogP contribution in [0.15, 0.2) is 4.99 Å². The predicted octanol–water partition coefficient (Wildman–Crippen LogP) is 2.75. The number of hydrogen-bond donors (Lipinski definition) is 2. The molecular formula is C17H33IN4O. The summed E-state index contributed by atoms with van der Waals surface area (Å²) in [5.74, 6) is 1.12. The molecule has 0 unspecified atom stereocenters. The van der Waals surface area contributed by atoms with Crippen LogP contribution in [0.5, 0.6) is 0 Å². The predicted molar refractivity (Wildman–Crippen MR) is 106 cm³/mol. The Morgan fingerprint density at radius 2 is 1.78 bits per heavy atom. The average Bonchev–Trinajstić information content (AvgIpc) is 3.16. The molecule has 0 aromatic rings. The van der Waals surface area contributed by atoms with Crippen LogP contribution >= 0.6 is 24.0 Å². The van der Waals surface area contributed by atoms with E-state index in [-0.39, 0.29) is 35.3 Å². The fourth-order valence-electron chi connectivity index (χ4n) is 3.78. The molecule has 134 valence electrons. The molecule has 0 aromatic heterocycles. The van der Waals surface area contributed by atoms with E-state index >= 15 is 0 Å². The SMILES string of the molecule is CCNC(=NCC1(C(=O)N(C)C)CCCC1)NC1CCCC1.I. The minimum Gasteiger partial charge on any atom is -0.357 e. The first-order chi connectivity index (χ1) is 10.6. The van der Waals surface area contributed by atoms with Gasteiger partial charge in [-0.3, -0.25) is 9.79 Å². The van der Waals surface area contributed by atoms with Crippen LogP contribution in [0.2, 0.25) is 0 Å². The van der Waals surface area contributed by atoms with E-state index in [1.165, 1.54) is 25.7 Å². The van der Waals surface area contributed by atoms with Gasteiger partial charge in [0.05, 0.1) is 12.0 Å². The summed E-state index contributed by atoms with van der Waals surface area (Å²) in [6, 6.07) is 0.543. The van der Waals surface area contributed by atoms with Crippen LogP contribution in [-0.4, -0.2) is 50.0 Å². The maximum atomic E-state index is 12.6. The number of amides is 1. The minimum absolute atomic E-state index is 0. The fraction of sp³-hybridized carbons (Fsp3) is 0.882. The molecule has 0 heterocycles. The highest BCUT2D eigenvalue weighted by Gasteiger charge is 2.42. The molecule has 2 fully saturated rings. The Kier molecular flexibility index (Phi) is 8.64. The lowest BCUT2D eigenvalue weighted by molar-refractivity contribution is -0.138. The molecule has 0 bridgehead atoms. The molecule has 2 aliphatic rings. The summed E-state index contributed by atoms with van der Waals surface area (Å²) in [5, 5.41) is 6.87. The third-order valence-corrected chi connectivity index (χ3v) is 5.00. The van der Waals surface area contributed by atoms with Crippen molar-refractivity contribution in [2.45, 2.75) is 64.3 Å². The Bertz CT molecular complexity index is 399. The first kappa shape index (κ1) is 20.5. The second-order valence-corrected chi connectivity index (χ2v) is 7.01. The highest BCUT2D eigenvalue weighted by Crippen LogP contribution is 2.39. The molecule has 0 spiro atoms. The monoisotopic (exact) mass is 436 g/mol. The summed E-state index contributed by atoms with van der Waals surface area (Å²) in [6.45, 7) is 3.54. The van der Waals surface area contributed by atoms with Crippen molar-refractivity contribution in [1.29, 1.82) is 0 Å². The van der Waals surface area contributed by atoms with Crippen LogP contribution in [0.1, 0.15) is 58.3 Å². The highest BCUT2D eigenvalue weighted by molar-refractivity contribution is 14.0. The fourth-order valence-corrected chi connectivity index (χ4v) is 3.78. The van der Waals surface area contributed by atoms with Gasteiger partial charge in [-0.1, -0.05) is 25.7 Å². The van der Waals surface area contributed by atoms with E-state index in [2.05, 4.69) is 17.6 Å². The van der Waals surface area contributed by atoms with Gasteiger partial charge < -0.3 is 15.5 Å². The molecule has 6 heteroatoms. The Morgan fingerprint density at radius 1 is 1.17 bits per heavy atom. The summed E-state index contributed by atoms with van der Waals surface area (Å²) >= 11 is 0. The molecule has 2 saturated carbocycles. The number of guanidine groups is 1. The molecule has 2 rings (SSSR count). The molecule has 0 atom stereocenters. The molecule has 0 saturated heterocycles. The van der Waals surface area contributed by atoms with Crippen LogP contribution in [0.4, 0.5) is 0 Å². The van der Waals surface area contributed by atoms with Gasteiger partial charge in [0.2, 0.25) is 5.91 Å². The summed E-state index contributed by atoms with van der Waals surface area (Å²) < 4.78 is 0. The second kappa shape index (κ2) is 9.69. The number of hydrogen-bond acceptors (Lipinski definition) is 2. The lowest BCUT2D eigenvalue weighted by Gasteiger charge is -2.29. The second-order valence-electron chi connectivity index (χ2n) is 7.01. The maximum Gasteiger partial charge on any atom is 0.230 e. The number of nitrogens with zero attached hydrogens (tertiary/aromatic N) is 2. The summed E-state index contributed by atoms with van der Waals surface area (Å²) in [4.78, 5) is 19.1. The van der Waals surface area contributed by atoms with Gasteiger partial charge in [-0.05, 0) is 32.6 Å². The van der Waals surface area contributed by atoms with Crippen molar-refractivity contribution in [2.75, 3.05) is 27.2 Å². The number of nitrogens with one attached hydrogen (secondary N) is 2. The van der Waals surface area contributed by atoms with Crippen LogP contribution in [-0.2, 0) is 4.79 Å². The zero-order valence-electron chi connectivity index (χ0n) is 14.9. The van der Waals surface area contributed by atoms with Gasteiger partial charge in [0.15, 0.2) is 5.96 Å². The van der Waals surface area contributed by atoms with Gasteiger partial charge >= 0.3 is 0 Å². The van der Waals surface area contributed by atoms with E-state index in [0.29, 0.717) is 12.6 Å².